The summed E-state index contributed by atoms with van der Waals surface area (Å²) in [6.07, 6.45) is 1.05. The lowest BCUT2D eigenvalue weighted by atomic mass is 10.1. The normalized spacial score (nSPS) is 12.4. The van der Waals surface area contributed by atoms with E-state index in [2.05, 4.69) is 15.6 Å². The summed E-state index contributed by atoms with van der Waals surface area (Å²) in [5.74, 6) is -0.790. The Balaban J connectivity index is 1.99. The number of hydrogen-bond donors (Lipinski definition) is 1. The van der Waals surface area contributed by atoms with Crippen LogP contribution in [0, 0.1) is 5.82 Å². The summed E-state index contributed by atoms with van der Waals surface area (Å²) in [6.45, 7) is 6.79. The topological polar surface area (TPSA) is 78.3 Å². The molecule has 25 heavy (non-hydrogen) atoms. The smallest absolute Gasteiger partial charge is 0.273 e. The van der Waals surface area contributed by atoms with Gasteiger partial charge >= 0.3 is 0 Å². The maximum atomic E-state index is 13.8. The fraction of sp³-hybridized carbons (Fsp3) is 0.471. The van der Waals surface area contributed by atoms with E-state index in [4.69, 9.17) is 9.47 Å². The Morgan fingerprint density at radius 2 is 1.96 bits per heavy atom. The summed E-state index contributed by atoms with van der Waals surface area (Å²) in [7, 11) is 0. The Bertz CT molecular complexity index is 686. The summed E-state index contributed by atoms with van der Waals surface area (Å²) < 4.78 is 26.1. The molecular weight excluding hydrogens is 327 g/mol. The van der Waals surface area contributed by atoms with Crippen LogP contribution in [0.2, 0.25) is 0 Å². The Hall–Kier alpha value is -2.32. The maximum absolute atomic E-state index is 13.8. The van der Waals surface area contributed by atoms with Crippen LogP contribution < -0.4 is 5.32 Å². The van der Waals surface area contributed by atoms with Gasteiger partial charge in [-0.15, -0.1) is 5.10 Å². The molecule has 0 spiro atoms. The van der Waals surface area contributed by atoms with E-state index in [0.717, 1.165) is 0 Å². The first-order valence-corrected chi connectivity index (χ1v) is 8.23. The second-order valence-electron chi connectivity index (χ2n) is 5.38. The number of nitrogens with zero attached hydrogens (tertiary/aromatic N) is 3. The molecule has 2 rings (SSSR count). The van der Waals surface area contributed by atoms with E-state index in [1.54, 1.807) is 25.1 Å². The molecule has 1 aromatic carbocycles. The number of rotatable bonds is 9. The number of halogens is 1. The lowest BCUT2D eigenvalue weighted by molar-refractivity contribution is -0.145. The summed E-state index contributed by atoms with van der Waals surface area (Å²) in [5, 5.41) is 10.5. The molecule has 0 aliphatic carbocycles. The van der Waals surface area contributed by atoms with Gasteiger partial charge in [0.25, 0.3) is 5.91 Å². The predicted octanol–water partition coefficient (Wildman–Crippen LogP) is 2.31. The van der Waals surface area contributed by atoms with Gasteiger partial charge in [0.05, 0.1) is 18.8 Å². The largest absolute Gasteiger partial charge is 0.351 e. The number of benzene rings is 1. The fourth-order valence-corrected chi connectivity index (χ4v) is 2.34. The average molecular weight is 350 g/mol. The highest BCUT2D eigenvalue weighted by Crippen LogP contribution is 2.16. The predicted molar refractivity (Wildman–Crippen MR) is 89.3 cm³/mol. The number of amides is 1. The SMILES string of the molecule is CCOC(Cn1cc(C(=O)NC(C)c2ccccc2F)nn1)OCC. The zero-order valence-corrected chi connectivity index (χ0v) is 14.6. The van der Waals surface area contributed by atoms with Gasteiger partial charge in [0.2, 0.25) is 0 Å². The first kappa shape index (κ1) is 19.0. The maximum Gasteiger partial charge on any atom is 0.273 e. The molecule has 0 bridgehead atoms. The van der Waals surface area contributed by atoms with E-state index in [1.807, 2.05) is 13.8 Å². The molecule has 1 unspecified atom stereocenters. The second-order valence-corrected chi connectivity index (χ2v) is 5.38. The van der Waals surface area contributed by atoms with E-state index in [1.165, 1.54) is 16.9 Å². The summed E-state index contributed by atoms with van der Waals surface area (Å²) >= 11 is 0. The van der Waals surface area contributed by atoms with Crippen molar-refractivity contribution in [1.29, 1.82) is 0 Å². The van der Waals surface area contributed by atoms with Crippen molar-refractivity contribution in [3.05, 3.63) is 47.5 Å². The molecule has 2 aromatic rings. The van der Waals surface area contributed by atoms with Crippen LogP contribution in [-0.2, 0) is 16.0 Å². The molecule has 1 heterocycles. The van der Waals surface area contributed by atoms with E-state index < -0.39 is 18.2 Å². The van der Waals surface area contributed by atoms with Crippen LogP contribution in [0.4, 0.5) is 4.39 Å². The molecule has 1 N–H and O–H groups in total. The van der Waals surface area contributed by atoms with Gasteiger partial charge in [0.15, 0.2) is 12.0 Å². The van der Waals surface area contributed by atoms with Gasteiger partial charge in [-0.3, -0.25) is 4.79 Å². The Morgan fingerprint density at radius 3 is 2.60 bits per heavy atom. The van der Waals surface area contributed by atoms with Crippen LogP contribution in [0.5, 0.6) is 0 Å². The number of aromatic nitrogens is 3. The molecule has 0 aliphatic heterocycles. The standard InChI is InChI=1S/C17H23FN4O3/c1-4-24-16(25-5-2)11-22-10-15(20-21-22)17(23)19-12(3)13-8-6-7-9-14(13)18/h6-10,12,16H,4-5,11H2,1-3H3,(H,19,23). The number of ether oxygens (including phenoxy) is 2. The van der Waals surface area contributed by atoms with Crippen molar-refractivity contribution >= 4 is 5.91 Å². The van der Waals surface area contributed by atoms with Crippen molar-refractivity contribution < 1.29 is 18.7 Å². The molecular formula is C17H23FN4O3. The van der Waals surface area contributed by atoms with Crippen LogP contribution in [0.25, 0.3) is 0 Å². The highest BCUT2D eigenvalue weighted by atomic mass is 19.1. The number of nitrogens with one attached hydrogen (secondary N) is 1. The summed E-state index contributed by atoms with van der Waals surface area (Å²) in [6, 6.07) is 5.82. The third-order valence-corrected chi connectivity index (χ3v) is 3.53. The number of carbonyl (C=O) groups is 1. The van der Waals surface area contributed by atoms with E-state index in [0.29, 0.717) is 25.3 Å². The third-order valence-electron chi connectivity index (χ3n) is 3.53. The Labute approximate surface area is 146 Å². The van der Waals surface area contributed by atoms with E-state index in [-0.39, 0.29) is 11.5 Å². The molecule has 8 heteroatoms. The van der Waals surface area contributed by atoms with E-state index in [9.17, 15) is 9.18 Å². The highest BCUT2D eigenvalue weighted by molar-refractivity contribution is 5.92. The van der Waals surface area contributed by atoms with Crippen LogP contribution in [0.1, 0.15) is 42.9 Å². The van der Waals surface area contributed by atoms with Gasteiger partial charge in [-0.1, -0.05) is 23.4 Å². The minimum atomic E-state index is -0.488. The molecule has 1 aromatic heterocycles. The summed E-state index contributed by atoms with van der Waals surface area (Å²) in [4.78, 5) is 12.3. The number of hydrogen-bond acceptors (Lipinski definition) is 5. The lowest BCUT2D eigenvalue weighted by Crippen LogP contribution is -2.27. The third kappa shape index (κ3) is 5.33. The van der Waals surface area contributed by atoms with Gasteiger partial charge in [0.1, 0.15) is 5.82 Å². The minimum Gasteiger partial charge on any atom is -0.351 e. The molecule has 1 atom stereocenters. The van der Waals surface area contributed by atoms with Crippen LogP contribution >= 0.6 is 0 Å². The van der Waals surface area contributed by atoms with Crippen LogP contribution in [0.15, 0.2) is 30.5 Å². The van der Waals surface area contributed by atoms with Crippen molar-refractivity contribution in [1.82, 2.24) is 20.3 Å². The molecule has 0 radical (unpaired) electrons. The molecule has 1 amide bonds. The zero-order chi connectivity index (χ0) is 18.2. The molecule has 0 fully saturated rings. The fourth-order valence-electron chi connectivity index (χ4n) is 2.34. The Morgan fingerprint density at radius 1 is 1.28 bits per heavy atom. The monoisotopic (exact) mass is 350 g/mol. The Kier molecular flexibility index (Phi) is 7.03. The van der Waals surface area contributed by atoms with Crippen molar-refractivity contribution in [2.75, 3.05) is 13.2 Å². The molecule has 136 valence electrons. The lowest BCUT2D eigenvalue weighted by Gasteiger charge is -2.16. The van der Waals surface area contributed by atoms with Crippen LogP contribution in [0.3, 0.4) is 0 Å². The first-order valence-electron chi connectivity index (χ1n) is 8.23. The zero-order valence-electron chi connectivity index (χ0n) is 14.6. The molecule has 0 saturated heterocycles. The van der Waals surface area contributed by atoms with Crippen molar-refractivity contribution in [3.63, 3.8) is 0 Å². The van der Waals surface area contributed by atoms with Crippen molar-refractivity contribution in [3.8, 4) is 0 Å². The van der Waals surface area contributed by atoms with Gasteiger partial charge in [0, 0.05) is 18.8 Å². The quantitative estimate of drug-likeness (QED) is 0.702. The highest BCUT2D eigenvalue weighted by Gasteiger charge is 2.18. The van der Waals surface area contributed by atoms with Gasteiger partial charge in [-0.2, -0.15) is 0 Å². The van der Waals surface area contributed by atoms with Crippen molar-refractivity contribution in [2.24, 2.45) is 0 Å². The second kappa shape index (κ2) is 9.24. The van der Waals surface area contributed by atoms with Gasteiger partial charge in [-0.25, -0.2) is 9.07 Å². The van der Waals surface area contributed by atoms with Crippen molar-refractivity contribution in [2.45, 2.75) is 39.6 Å². The average Bonchev–Trinajstić information content (AvgIpc) is 3.04. The van der Waals surface area contributed by atoms with Gasteiger partial charge in [-0.05, 0) is 26.8 Å². The van der Waals surface area contributed by atoms with Gasteiger partial charge < -0.3 is 14.8 Å². The minimum absolute atomic E-state index is 0.148. The summed E-state index contributed by atoms with van der Waals surface area (Å²) in [5.41, 5.74) is 0.561. The first-order chi connectivity index (χ1) is 12.0. The number of carbonyl (C=O) groups excluding carboxylic acids is 1. The molecule has 7 nitrogen and oxygen atoms in total. The molecule has 0 saturated carbocycles. The molecule has 0 aliphatic rings. The van der Waals surface area contributed by atoms with E-state index >= 15 is 0 Å². The van der Waals surface area contributed by atoms with Crippen LogP contribution in [-0.4, -0.2) is 40.4 Å².